The minimum Gasteiger partial charge on any atom is -0.598 e. The first-order valence-electron chi connectivity index (χ1n) is 12.0. The zero-order valence-corrected chi connectivity index (χ0v) is 20.5. The van der Waals surface area contributed by atoms with Gasteiger partial charge in [0.05, 0.1) is 19.3 Å². The summed E-state index contributed by atoms with van der Waals surface area (Å²) in [5, 5.41) is 4.31. The van der Waals surface area contributed by atoms with Crippen LogP contribution in [0.4, 0.5) is 10.1 Å². The summed E-state index contributed by atoms with van der Waals surface area (Å²) >= 11 is -0.993. The van der Waals surface area contributed by atoms with E-state index >= 15 is 0 Å². The van der Waals surface area contributed by atoms with Crippen molar-refractivity contribution in [3.63, 3.8) is 0 Å². The number of hydrogen-bond donors (Lipinski definition) is 0. The average Bonchev–Trinajstić information content (AvgIpc) is 3.29. The Morgan fingerprint density at radius 2 is 1.69 bits per heavy atom. The molecule has 1 atom stereocenters. The Morgan fingerprint density at radius 3 is 2.34 bits per heavy atom. The summed E-state index contributed by atoms with van der Waals surface area (Å²) in [5.41, 5.74) is 2.63. The molecular formula is C26H29FN4O3S. The fourth-order valence-electron chi connectivity index (χ4n) is 4.77. The number of halogens is 1. The lowest BCUT2D eigenvalue weighted by molar-refractivity contribution is 0.209. The molecule has 2 aromatic carbocycles. The molecule has 35 heavy (non-hydrogen) atoms. The van der Waals surface area contributed by atoms with Gasteiger partial charge in [-0.1, -0.05) is 43.3 Å². The summed E-state index contributed by atoms with van der Waals surface area (Å²) in [6.45, 7) is 4.47. The van der Waals surface area contributed by atoms with Crippen LogP contribution in [0.15, 0.2) is 59.5 Å². The van der Waals surface area contributed by atoms with Crippen molar-refractivity contribution in [2.45, 2.75) is 32.3 Å². The molecule has 0 unspecified atom stereocenters. The number of para-hydroxylation sites is 1. The van der Waals surface area contributed by atoms with Gasteiger partial charge in [0.15, 0.2) is 0 Å². The van der Waals surface area contributed by atoms with Gasteiger partial charge in [-0.3, -0.25) is 4.79 Å². The first-order valence-corrected chi connectivity index (χ1v) is 13.3. The SMILES string of the molecule is CCC[S@+]([O-])N1CCN(c2cnn(-c3ccccc3F)c(=O)c2OC2Cc3ccccc3C2)CC1. The molecule has 1 aromatic heterocycles. The molecular weight excluding hydrogens is 467 g/mol. The van der Waals surface area contributed by atoms with Gasteiger partial charge < -0.3 is 14.2 Å². The minimum absolute atomic E-state index is 0.0865. The van der Waals surface area contributed by atoms with Crippen molar-refractivity contribution in [2.24, 2.45) is 0 Å². The molecule has 0 radical (unpaired) electrons. The van der Waals surface area contributed by atoms with Crippen molar-refractivity contribution in [2.75, 3.05) is 36.8 Å². The molecule has 0 bridgehead atoms. The fourth-order valence-corrected chi connectivity index (χ4v) is 5.94. The number of benzene rings is 2. The van der Waals surface area contributed by atoms with Gasteiger partial charge in [-0.05, 0) is 29.7 Å². The van der Waals surface area contributed by atoms with Gasteiger partial charge >= 0.3 is 5.56 Å². The average molecular weight is 497 g/mol. The Kier molecular flexibility index (Phi) is 7.08. The summed E-state index contributed by atoms with van der Waals surface area (Å²) in [6, 6.07) is 14.3. The first-order chi connectivity index (χ1) is 17.0. The Hall–Kier alpha value is -2.88. The van der Waals surface area contributed by atoms with E-state index in [1.165, 1.54) is 23.3 Å². The fraction of sp³-hybridized carbons (Fsp3) is 0.385. The summed E-state index contributed by atoms with van der Waals surface area (Å²) in [4.78, 5) is 15.7. The van der Waals surface area contributed by atoms with Crippen LogP contribution in [-0.2, 0) is 24.2 Å². The van der Waals surface area contributed by atoms with Gasteiger partial charge in [0.2, 0.25) is 5.75 Å². The Balaban J connectivity index is 1.46. The molecule has 0 N–H and O–H groups in total. The van der Waals surface area contributed by atoms with E-state index in [0.29, 0.717) is 50.5 Å². The summed E-state index contributed by atoms with van der Waals surface area (Å²) < 4.78 is 36.4. The molecule has 7 nitrogen and oxygen atoms in total. The van der Waals surface area contributed by atoms with Crippen molar-refractivity contribution in [3.05, 3.63) is 82.0 Å². The van der Waals surface area contributed by atoms with E-state index in [-0.39, 0.29) is 17.5 Å². The highest BCUT2D eigenvalue weighted by Gasteiger charge is 2.30. The van der Waals surface area contributed by atoms with E-state index < -0.39 is 22.7 Å². The minimum atomic E-state index is -0.993. The Morgan fingerprint density at radius 1 is 1.03 bits per heavy atom. The molecule has 5 rings (SSSR count). The third-order valence-electron chi connectivity index (χ3n) is 6.54. The van der Waals surface area contributed by atoms with Crippen LogP contribution in [0.5, 0.6) is 5.75 Å². The molecule has 1 aliphatic carbocycles. The molecule has 1 saturated heterocycles. The van der Waals surface area contributed by atoms with E-state index in [1.807, 2.05) is 23.4 Å². The lowest BCUT2D eigenvalue weighted by Crippen LogP contribution is -2.49. The maximum atomic E-state index is 14.5. The molecule has 184 valence electrons. The molecule has 0 saturated carbocycles. The number of fused-ring (bicyclic) bond motifs is 1. The number of nitrogens with zero attached hydrogens (tertiary/aromatic N) is 4. The van der Waals surface area contributed by atoms with Gasteiger partial charge in [-0.15, -0.1) is 4.31 Å². The molecule has 2 aliphatic rings. The van der Waals surface area contributed by atoms with E-state index in [9.17, 15) is 13.7 Å². The maximum absolute atomic E-state index is 14.5. The second-order valence-corrected chi connectivity index (χ2v) is 10.5. The number of rotatable bonds is 7. The quantitative estimate of drug-likeness (QED) is 0.468. The van der Waals surface area contributed by atoms with Crippen LogP contribution >= 0.6 is 0 Å². The van der Waals surface area contributed by atoms with Crippen molar-refractivity contribution >= 4 is 17.0 Å². The van der Waals surface area contributed by atoms with Gasteiger partial charge in [-0.25, -0.2) is 4.39 Å². The highest BCUT2D eigenvalue weighted by molar-refractivity contribution is 7.89. The zero-order chi connectivity index (χ0) is 24.4. The standard InChI is InChI=1S/C26H29FN4O3S/c1-2-15-35(33)30-13-11-29(12-14-30)24-18-28-31(23-10-6-5-9-22(23)27)26(32)25(24)34-21-16-19-7-3-4-8-20(19)17-21/h3-10,18,21H,2,11-17H2,1H3/t35-/m0/s1. The normalized spacial score (nSPS) is 17.4. The third-order valence-corrected chi connectivity index (χ3v) is 8.24. The molecule has 9 heteroatoms. The van der Waals surface area contributed by atoms with Crippen LogP contribution in [-0.4, -0.2) is 56.7 Å². The van der Waals surface area contributed by atoms with Crippen LogP contribution in [0.1, 0.15) is 24.5 Å². The number of ether oxygens (including phenoxy) is 1. The monoisotopic (exact) mass is 496 g/mol. The Labute approximate surface area is 207 Å². The number of hydrogen-bond acceptors (Lipinski definition) is 6. The van der Waals surface area contributed by atoms with Crippen molar-refractivity contribution in [3.8, 4) is 11.4 Å². The zero-order valence-electron chi connectivity index (χ0n) is 19.7. The number of aromatic nitrogens is 2. The lowest BCUT2D eigenvalue weighted by atomic mass is 10.1. The predicted octanol–water partition coefficient (Wildman–Crippen LogP) is 3.11. The molecule has 1 aliphatic heterocycles. The van der Waals surface area contributed by atoms with E-state index in [1.54, 1.807) is 18.3 Å². The van der Waals surface area contributed by atoms with Crippen LogP contribution in [0.2, 0.25) is 0 Å². The van der Waals surface area contributed by atoms with E-state index in [0.717, 1.165) is 11.1 Å². The van der Waals surface area contributed by atoms with Crippen LogP contribution < -0.4 is 15.2 Å². The summed E-state index contributed by atoms with van der Waals surface area (Å²) in [5.74, 6) is 0.307. The second-order valence-electron chi connectivity index (χ2n) is 8.89. The highest BCUT2D eigenvalue weighted by Crippen LogP contribution is 2.31. The van der Waals surface area contributed by atoms with Crippen LogP contribution in [0, 0.1) is 5.82 Å². The highest BCUT2D eigenvalue weighted by atomic mass is 32.2. The van der Waals surface area contributed by atoms with Gasteiger partial charge in [0.25, 0.3) is 0 Å². The molecule has 3 aromatic rings. The second kappa shape index (κ2) is 10.4. The van der Waals surface area contributed by atoms with Crippen LogP contribution in [0.3, 0.4) is 0 Å². The lowest BCUT2D eigenvalue weighted by Gasteiger charge is -2.36. The van der Waals surface area contributed by atoms with Gasteiger partial charge in [0.1, 0.15) is 29.0 Å². The molecule has 0 spiro atoms. The van der Waals surface area contributed by atoms with Crippen molar-refractivity contribution < 1.29 is 13.7 Å². The predicted molar refractivity (Wildman–Crippen MR) is 135 cm³/mol. The summed E-state index contributed by atoms with van der Waals surface area (Å²) in [7, 11) is 0. The number of anilines is 1. The molecule has 0 amide bonds. The van der Waals surface area contributed by atoms with Gasteiger partial charge in [-0.2, -0.15) is 9.78 Å². The number of piperazine rings is 1. The van der Waals surface area contributed by atoms with E-state index in [4.69, 9.17) is 4.74 Å². The van der Waals surface area contributed by atoms with Crippen LogP contribution in [0.25, 0.3) is 5.69 Å². The molecule has 2 heterocycles. The first kappa shape index (κ1) is 23.8. The Bertz CT molecular complexity index is 1220. The largest absolute Gasteiger partial charge is 0.598 e. The van der Waals surface area contributed by atoms with Gasteiger partial charge in [0, 0.05) is 37.3 Å². The maximum Gasteiger partial charge on any atom is 0.316 e. The van der Waals surface area contributed by atoms with Crippen molar-refractivity contribution in [1.82, 2.24) is 14.1 Å². The molecule has 1 fully saturated rings. The van der Waals surface area contributed by atoms with E-state index in [2.05, 4.69) is 22.1 Å². The van der Waals surface area contributed by atoms with Crippen molar-refractivity contribution in [1.29, 1.82) is 0 Å². The smallest absolute Gasteiger partial charge is 0.316 e. The topological polar surface area (TPSA) is 73.7 Å². The summed E-state index contributed by atoms with van der Waals surface area (Å²) in [6.07, 6.45) is 3.69. The third kappa shape index (κ3) is 4.94.